The van der Waals surface area contributed by atoms with Gasteiger partial charge in [-0.25, -0.2) is 0 Å². The molecule has 3 rings (SSSR count). The highest BCUT2D eigenvalue weighted by Crippen LogP contribution is 2.17. The molecule has 0 aliphatic carbocycles. The summed E-state index contributed by atoms with van der Waals surface area (Å²) >= 11 is 5.33. The van der Waals surface area contributed by atoms with Gasteiger partial charge in [0.2, 0.25) is 0 Å². The highest BCUT2D eigenvalue weighted by molar-refractivity contribution is 7.71. The molecule has 3 heterocycles. The Balaban J connectivity index is 1.86. The fraction of sp³-hybridized carbons (Fsp3) is 0.462. The van der Waals surface area contributed by atoms with Crippen LogP contribution in [0.2, 0.25) is 0 Å². The standard InChI is InChI=1S/C13H17N5OS/c1-17-5-6-19-11(8-17)9-18-12(15-16-13(18)20)10-3-2-4-14-7-10/h2-4,7,11H,5-6,8-9H2,1H3,(H,16,20). The van der Waals surface area contributed by atoms with Crippen molar-refractivity contribution in [2.45, 2.75) is 12.6 Å². The largest absolute Gasteiger partial charge is 0.374 e. The first-order chi connectivity index (χ1) is 9.74. The van der Waals surface area contributed by atoms with Crippen molar-refractivity contribution >= 4 is 12.2 Å². The number of aromatic amines is 1. The fourth-order valence-electron chi connectivity index (χ4n) is 2.38. The summed E-state index contributed by atoms with van der Waals surface area (Å²) in [5.41, 5.74) is 0.948. The molecule has 0 amide bonds. The van der Waals surface area contributed by atoms with Crippen LogP contribution in [0.25, 0.3) is 11.4 Å². The predicted octanol–water partition coefficient (Wildman–Crippen LogP) is 1.33. The number of aromatic nitrogens is 4. The van der Waals surface area contributed by atoms with Gasteiger partial charge in [-0.1, -0.05) is 0 Å². The summed E-state index contributed by atoms with van der Waals surface area (Å²) in [7, 11) is 2.10. The van der Waals surface area contributed by atoms with Gasteiger partial charge in [0.25, 0.3) is 0 Å². The second kappa shape index (κ2) is 5.82. The third kappa shape index (κ3) is 2.79. The van der Waals surface area contributed by atoms with Crippen LogP contribution in [0, 0.1) is 4.77 Å². The van der Waals surface area contributed by atoms with E-state index in [1.165, 1.54) is 0 Å². The van der Waals surface area contributed by atoms with Crippen molar-refractivity contribution in [3.8, 4) is 11.4 Å². The number of pyridine rings is 1. The first kappa shape index (κ1) is 13.4. The molecule has 1 aliphatic rings. The highest BCUT2D eigenvalue weighted by atomic mass is 32.1. The Labute approximate surface area is 122 Å². The molecular weight excluding hydrogens is 274 g/mol. The molecule has 0 bridgehead atoms. The van der Waals surface area contributed by atoms with Gasteiger partial charge in [0.1, 0.15) is 0 Å². The van der Waals surface area contributed by atoms with Crippen LogP contribution in [-0.2, 0) is 11.3 Å². The molecule has 0 radical (unpaired) electrons. The minimum Gasteiger partial charge on any atom is -0.374 e. The predicted molar refractivity (Wildman–Crippen MR) is 77.9 cm³/mol. The lowest BCUT2D eigenvalue weighted by atomic mass is 10.2. The van der Waals surface area contributed by atoms with Crippen LogP contribution in [0.3, 0.4) is 0 Å². The molecule has 0 aromatic carbocycles. The molecule has 1 atom stereocenters. The summed E-state index contributed by atoms with van der Waals surface area (Å²) in [6, 6.07) is 3.87. The summed E-state index contributed by atoms with van der Waals surface area (Å²) in [6.07, 6.45) is 3.66. The second-order valence-corrected chi connectivity index (χ2v) is 5.35. The van der Waals surface area contributed by atoms with Gasteiger partial charge >= 0.3 is 0 Å². The van der Waals surface area contributed by atoms with E-state index in [4.69, 9.17) is 17.0 Å². The number of morpholine rings is 1. The van der Waals surface area contributed by atoms with Gasteiger partial charge in [-0.2, -0.15) is 5.10 Å². The molecule has 1 fully saturated rings. The maximum absolute atomic E-state index is 5.80. The number of rotatable bonds is 3. The van der Waals surface area contributed by atoms with Crippen molar-refractivity contribution in [3.63, 3.8) is 0 Å². The minimum absolute atomic E-state index is 0.133. The average Bonchev–Trinajstić information content (AvgIpc) is 2.81. The van der Waals surface area contributed by atoms with Gasteiger partial charge in [0, 0.05) is 31.0 Å². The van der Waals surface area contributed by atoms with Gasteiger partial charge < -0.3 is 9.64 Å². The zero-order valence-corrected chi connectivity index (χ0v) is 12.1. The SMILES string of the molecule is CN1CCOC(Cn2c(-c3cccnc3)n[nH]c2=S)C1. The maximum atomic E-state index is 5.80. The average molecular weight is 291 g/mol. The summed E-state index contributed by atoms with van der Waals surface area (Å²) in [6.45, 7) is 3.33. The van der Waals surface area contributed by atoms with E-state index in [0.717, 1.165) is 31.1 Å². The van der Waals surface area contributed by atoms with Gasteiger partial charge in [0.05, 0.1) is 19.3 Å². The van der Waals surface area contributed by atoms with Gasteiger partial charge in [-0.15, -0.1) is 0 Å². The molecule has 1 aliphatic heterocycles. The molecular formula is C13H17N5OS. The summed E-state index contributed by atoms with van der Waals surface area (Å²) in [5.74, 6) is 0.805. The Kier molecular flexibility index (Phi) is 3.90. The monoisotopic (exact) mass is 291 g/mol. The van der Waals surface area contributed by atoms with E-state index >= 15 is 0 Å². The second-order valence-electron chi connectivity index (χ2n) is 4.96. The Morgan fingerprint density at radius 1 is 1.55 bits per heavy atom. The Bertz CT molecular complexity index is 623. The van der Waals surface area contributed by atoms with Crippen LogP contribution in [0.15, 0.2) is 24.5 Å². The van der Waals surface area contributed by atoms with Crippen LogP contribution < -0.4 is 0 Å². The molecule has 0 spiro atoms. The molecule has 1 N–H and O–H groups in total. The number of hydrogen-bond donors (Lipinski definition) is 1. The molecule has 2 aromatic heterocycles. The lowest BCUT2D eigenvalue weighted by Crippen LogP contribution is -2.42. The first-order valence-electron chi connectivity index (χ1n) is 6.60. The minimum atomic E-state index is 0.133. The molecule has 6 nitrogen and oxygen atoms in total. The van der Waals surface area contributed by atoms with Crippen molar-refractivity contribution in [2.24, 2.45) is 0 Å². The molecule has 1 unspecified atom stereocenters. The van der Waals surface area contributed by atoms with Crippen molar-refractivity contribution in [1.29, 1.82) is 0 Å². The zero-order chi connectivity index (χ0) is 13.9. The van der Waals surface area contributed by atoms with Crippen LogP contribution in [0.4, 0.5) is 0 Å². The van der Waals surface area contributed by atoms with Crippen molar-refractivity contribution in [3.05, 3.63) is 29.3 Å². The Morgan fingerprint density at radius 3 is 3.20 bits per heavy atom. The smallest absolute Gasteiger partial charge is 0.195 e. The number of H-pyrrole nitrogens is 1. The zero-order valence-electron chi connectivity index (χ0n) is 11.3. The summed E-state index contributed by atoms with van der Waals surface area (Å²) in [5, 5.41) is 7.16. The van der Waals surface area contributed by atoms with Gasteiger partial charge in [0.15, 0.2) is 10.6 Å². The summed E-state index contributed by atoms with van der Waals surface area (Å²) < 4.78 is 8.40. The molecule has 0 saturated carbocycles. The Hall–Kier alpha value is -1.57. The number of hydrogen-bond acceptors (Lipinski definition) is 5. The Morgan fingerprint density at radius 2 is 2.45 bits per heavy atom. The number of nitrogens with zero attached hydrogens (tertiary/aromatic N) is 4. The van der Waals surface area contributed by atoms with Gasteiger partial charge in [-0.05, 0) is 31.4 Å². The van der Waals surface area contributed by atoms with E-state index in [2.05, 4.69) is 27.1 Å². The van der Waals surface area contributed by atoms with Crippen LogP contribution in [0.5, 0.6) is 0 Å². The van der Waals surface area contributed by atoms with Crippen molar-refractivity contribution in [1.82, 2.24) is 24.6 Å². The summed E-state index contributed by atoms with van der Waals surface area (Å²) in [4.78, 5) is 6.40. The first-order valence-corrected chi connectivity index (χ1v) is 7.00. The number of ether oxygens (including phenoxy) is 1. The van der Waals surface area contributed by atoms with E-state index < -0.39 is 0 Å². The molecule has 2 aromatic rings. The number of likely N-dealkylation sites (N-methyl/N-ethyl adjacent to an activating group) is 1. The van der Waals surface area contributed by atoms with Crippen LogP contribution in [0.1, 0.15) is 0 Å². The van der Waals surface area contributed by atoms with Crippen molar-refractivity contribution < 1.29 is 4.74 Å². The molecule has 106 valence electrons. The van der Waals surface area contributed by atoms with Crippen LogP contribution >= 0.6 is 12.2 Å². The fourth-order valence-corrected chi connectivity index (χ4v) is 2.59. The highest BCUT2D eigenvalue weighted by Gasteiger charge is 2.20. The van der Waals surface area contributed by atoms with E-state index in [1.807, 2.05) is 16.7 Å². The lowest BCUT2D eigenvalue weighted by Gasteiger charge is -2.30. The topological polar surface area (TPSA) is 59.0 Å². The van der Waals surface area contributed by atoms with Crippen molar-refractivity contribution in [2.75, 3.05) is 26.7 Å². The van der Waals surface area contributed by atoms with Crippen LogP contribution in [-0.4, -0.2) is 57.5 Å². The molecule has 1 saturated heterocycles. The third-order valence-electron chi connectivity index (χ3n) is 3.41. The normalized spacial score (nSPS) is 20.1. The maximum Gasteiger partial charge on any atom is 0.195 e. The number of nitrogens with one attached hydrogen (secondary N) is 1. The van der Waals surface area contributed by atoms with E-state index in [9.17, 15) is 0 Å². The molecule has 20 heavy (non-hydrogen) atoms. The molecule has 7 heteroatoms. The van der Waals surface area contributed by atoms with Gasteiger partial charge in [-0.3, -0.25) is 14.6 Å². The quantitative estimate of drug-likeness (QED) is 0.865. The lowest BCUT2D eigenvalue weighted by molar-refractivity contribution is -0.0274. The van der Waals surface area contributed by atoms with E-state index in [0.29, 0.717) is 11.3 Å². The van der Waals surface area contributed by atoms with E-state index in [1.54, 1.807) is 12.4 Å². The van der Waals surface area contributed by atoms with E-state index in [-0.39, 0.29) is 6.10 Å². The third-order valence-corrected chi connectivity index (χ3v) is 3.72.